The van der Waals surface area contributed by atoms with Gasteiger partial charge in [0.1, 0.15) is 5.75 Å². The first-order valence-corrected chi connectivity index (χ1v) is 12.0. The second kappa shape index (κ2) is 7.90. The first-order valence-electron chi connectivity index (χ1n) is 10.6. The lowest BCUT2D eigenvalue weighted by molar-refractivity contribution is 0.308. The van der Waals surface area contributed by atoms with Gasteiger partial charge >= 0.3 is 0 Å². The Morgan fingerprint density at radius 2 is 1.87 bits per heavy atom. The fourth-order valence-electron chi connectivity index (χ4n) is 4.36. The highest BCUT2D eigenvalue weighted by atomic mass is 32.2. The summed E-state index contributed by atoms with van der Waals surface area (Å²) in [5.41, 5.74) is 8.73. The minimum atomic E-state index is -3.49. The van der Waals surface area contributed by atoms with Crippen molar-refractivity contribution in [2.45, 2.75) is 24.2 Å². The molecular formula is C24H25N3O3S. The SMILES string of the molecule is NCCc1c[nH]c2ccc(OCCCCN3c4cccc5cccc(c45)S3(=O)=O)cc12. The molecule has 6 nitrogen and oxygen atoms in total. The lowest BCUT2D eigenvalue weighted by Gasteiger charge is -2.18. The maximum Gasteiger partial charge on any atom is 0.265 e. The topological polar surface area (TPSA) is 88.4 Å². The number of nitrogens with zero attached hydrogens (tertiary/aromatic N) is 1. The standard InChI is InChI=1S/C24H25N3O3S/c25-12-11-18-16-26-21-10-9-19(15-20(18)21)30-14-2-1-13-27-22-7-3-5-17-6-4-8-23(24(17)22)31(27,28)29/h3-10,15-16,26H,1-2,11-14,25H2. The largest absolute Gasteiger partial charge is 0.494 e. The van der Waals surface area contributed by atoms with Gasteiger partial charge < -0.3 is 15.5 Å². The molecule has 3 N–H and O–H groups in total. The molecule has 0 saturated heterocycles. The third-order valence-electron chi connectivity index (χ3n) is 5.86. The molecule has 0 bridgehead atoms. The Bertz CT molecular complexity index is 1360. The molecule has 1 aliphatic heterocycles. The van der Waals surface area contributed by atoms with Crippen LogP contribution in [0.5, 0.6) is 5.75 Å². The van der Waals surface area contributed by atoms with E-state index in [1.807, 2.05) is 48.7 Å². The van der Waals surface area contributed by atoms with Crippen LogP contribution in [-0.4, -0.2) is 33.1 Å². The van der Waals surface area contributed by atoms with Gasteiger partial charge in [0.2, 0.25) is 0 Å². The van der Waals surface area contributed by atoms with Crippen molar-refractivity contribution in [3.63, 3.8) is 0 Å². The summed E-state index contributed by atoms with van der Waals surface area (Å²) in [5, 5.41) is 2.92. The van der Waals surface area contributed by atoms with Gasteiger partial charge in [0.25, 0.3) is 10.0 Å². The molecule has 0 spiro atoms. The molecule has 1 aromatic heterocycles. The predicted molar refractivity (Wildman–Crippen MR) is 124 cm³/mol. The highest BCUT2D eigenvalue weighted by Crippen LogP contribution is 2.42. The van der Waals surface area contributed by atoms with Crippen LogP contribution in [-0.2, 0) is 16.4 Å². The maximum absolute atomic E-state index is 13.0. The summed E-state index contributed by atoms with van der Waals surface area (Å²) in [4.78, 5) is 3.67. The van der Waals surface area contributed by atoms with Gasteiger partial charge in [-0.1, -0.05) is 24.3 Å². The van der Waals surface area contributed by atoms with Crippen molar-refractivity contribution in [1.82, 2.24) is 4.98 Å². The average molecular weight is 436 g/mol. The van der Waals surface area contributed by atoms with Gasteiger partial charge in [-0.25, -0.2) is 8.42 Å². The molecule has 0 amide bonds. The molecule has 0 saturated carbocycles. The molecule has 2 heterocycles. The first kappa shape index (κ1) is 19.9. The second-order valence-electron chi connectivity index (χ2n) is 7.82. The van der Waals surface area contributed by atoms with Crippen molar-refractivity contribution >= 4 is 37.4 Å². The van der Waals surface area contributed by atoms with Crippen molar-refractivity contribution in [2.24, 2.45) is 5.73 Å². The van der Waals surface area contributed by atoms with Crippen molar-refractivity contribution < 1.29 is 13.2 Å². The van der Waals surface area contributed by atoms with Gasteiger partial charge in [-0.3, -0.25) is 4.31 Å². The highest BCUT2D eigenvalue weighted by Gasteiger charge is 2.34. The minimum Gasteiger partial charge on any atom is -0.494 e. The zero-order valence-electron chi connectivity index (χ0n) is 17.2. The lowest BCUT2D eigenvalue weighted by atomic mass is 10.1. The van der Waals surface area contributed by atoms with Gasteiger partial charge in [0.05, 0.1) is 17.2 Å². The zero-order valence-corrected chi connectivity index (χ0v) is 18.0. The summed E-state index contributed by atoms with van der Waals surface area (Å²) in [6.07, 6.45) is 4.30. The Hall–Kier alpha value is -3.03. The zero-order chi connectivity index (χ0) is 21.4. The summed E-state index contributed by atoms with van der Waals surface area (Å²) in [5.74, 6) is 0.816. The number of aromatic nitrogens is 1. The van der Waals surface area contributed by atoms with Crippen LogP contribution >= 0.6 is 0 Å². The van der Waals surface area contributed by atoms with E-state index in [4.69, 9.17) is 10.5 Å². The molecule has 160 valence electrons. The van der Waals surface area contributed by atoms with Crippen LogP contribution in [0.15, 0.2) is 65.7 Å². The van der Waals surface area contributed by atoms with Gasteiger partial charge in [-0.05, 0) is 67.1 Å². The van der Waals surface area contributed by atoms with E-state index in [-0.39, 0.29) is 0 Å². The van der Waals surface area contributed by atoms with E-state index in [0.717, 1.165) is 46.0 Å². The highest BCUT2D eigenvalue weighted by molar-refractivity contribution is 7.93. The number of sulfonamides is 1. The summed E-state index contributed by atoms with van der Waals surface area (Å²) < 4.78 is 33.5. The molecule has 7 heteroatoms. The van der Waals surface area contributed by atoms with Gasteiger partial charge in [-0.15, -0.1) is 0 Å². The Morgan fingerprint density at radius 1 is 1.03 bits per heavy atom. The maximum atomic E-state index is 13.0. The number of nitrogens with two attached hydrogens (primary N) is 1. The van der Waals surface area contributed by atoms with Crippen molar-refractivity contribution in [3.05, 3.63) is 66.4 Å². The minimum absolute atomic E-state index is 0.407. The predicted octanol–water partition coefficient (Wildman–Crippen LogP) is 4.19. The molecule has 31 heavy (non-hydrogen) atoms. The third kappa shape index (κ3) is 3.43. The molecule has 1 aliphatic rings. The summed E-state index contributed by atoms with van der Waals surface area (Å²) in [6.45, 7) is 1.58. The molecular weight excluding hydrogens is 410 g/mol. The van der Waals surface area contributed by atoms with Gasteiger partial charge in [0, 0.05) is 29.0 Å². The van der Waals surface area contributed by atoms with Crippen LogP contribution in [0.1, 0.15) is 18.4 Å². The normalized spacial score (nSPS) is 14.5. The van der Waals surface area contributed by atoms with Crippen LogP contribution in [0.3, 0.4) is 0 Å². The number of ether oxygens (including phenoxy) is 1. The number of anilines is 1. The van der Waals surface area contributed by atoms with E-state index in [1.54, 1.807) is 12.1 Å². The first-order chi connectivity index (χ1) is 15.1. The Kier molecular flexibility index (Phi) is 5.08. The fourth-order valence-corrected chi connectivity index (χ4v) is 6.11. The molecule has 5 rings (SSSR count). The van der Waals surface area contributed by atoms with Gasteiger partial charge in [-0.2, -0.15) is 0 Å². The van der Waals surface area contributed by atoms with Crippen LogP contribution in [0.25, 0.3) is 21.7 Å². The quantitative estimate of drug-likeness (QED) is 0.406. The second-order valence-corrected chi connectivity index (χ2v) is 9.65. The van der Waals surface area contributed by atoms with Crippen LogP contribution < -0.4 is 14.8 Å². The van der Waals surface area contributed by atoms with E-state index >= 15 is 0 Å². The number of unbranched alkanes of at least 4 members (excludes halogenated alkanes) is 1. The summed E-state index contributed by atoms with van der Waals surface area (Å²) in [7, 11) is -3.49. The smallest absolute Gasteiger partial charge is 0.265 e. The third-order valence-corrected chi connectivity index (χ3v) is 7.71. The summed E-state index contributed by atoms with van der Waals surface area (Å²) in [6, 6.07) is 17.2. The number of benzene rings is 3. The van der Waals surface area contributed by atoms with Crippen LogP contribution in [0.4, 0.5) is 5.69 Å². The number of hydrogen-bond acceptors (Lipinski definition) is 4. The molecule has 4 aromatic rings. The number of H-pyrrole nitrogens is 1. The monoisotopic (exact) mass is 435 g/mol. The molecule has 0 fully saturated rings. The van der Waals surface area contributed by atoms with E-state index < -0.39 is 10.0 Å². The lowest BCUT2D eigenvalue weighted by Crippen LogP contribution is -2.28. The average Bonchev–Trinajstić information content (AvgIpc) is 3.27. The van der Waals surface area contributed by atoms with Crippen LogP contribution in [0, 0.1) is 0 Å². The number of rotatable bonds is 8. The number of hydrogen-bond donors (Lipinski definition) is 2. The van der Waals surface area contributed by atoms with Crippen molar-refractivity contribution in [2.75, 3.05) is 24.0 Å². The van der Waals surface area contributed by atoms with E-state index in [9.17, 15) is 8.42 Å². The number of nitrogens with one attached hydrogen (secondary N) is 1. The molecule has 3 aromatic carbocycles. The molecule has 0 atom stereocenters. The Labute approximate surface area is 181 Å². The Balaban J connectivity index is 1.22. The van der Waals surface area contributed by atoms with Crippen LogP contribution in [0.2, 0.25) is 0 Å². The van der Waals surface area contributed by atoms with E-state index in [2.05, 4.69) is 4.98 Å². The van der Waals surface area contributed by atoms with Crippen molar-refractivity contribution in [1.29, 1.82) is 0 Å². The fraction of sp³-hybridized carbons (Fsp3) is 0.250. The summed E-state index contributed by atoms with van der Waals surface area (Å²) >= 11 is 0. The van der Waals surface area contributed by atoms with Gasteiger partial charge in [0.15, 0.2) is 0 Å². The number of aromatic amines is 1. The molecule has 0 radical (unpaired) electrons. The Morgan fingerprint density at radius 3 is 2.71 bits per heavy atom. The molecule has 0 unspecified atom stereocenters. The molecule has 0 aliphatic carbocycles. The number of fused-ring (bicyclic) bond motifs is 1. The van der Waals surface area contributed by atoms with Crippen molar-refractivity contribution in [3.8, 4) is 5.75 Å². The van der Waals surface area contributed by atoms with E-state index in [0.29, 0.717) is 31.0 Å². The van der Waals surface area contributed by atoms with E-state index in [1.165, 1.54) is 9.87 Å².